The van der Waals surface area contributed by atoms with Crippen molar-refractivity contribution < 1.29 is 0 Å². The number of nitriles is 1. The third-order valence-corrected chi connectivity index (χ3v) is 1.88. The van der Waals surface area contributed by atoms with E-state index in [0.29, 0.717) is 18.5 Å². The van der Waals surface area contributed by atoms with Gasteiger partial charge in [0.1, 0.15) is 6.07 Å². The first kappa shape index (κ1) is 10.2. The van der Waals surface area contributed by atoms with Gasteiger partial charge in [-0.25, -0.2) is 0 Å². The predicted molar refractivity (Wildman–Crippen MR) is 57.8 cm³/mol. The van der Waals surface area contributed by atoms with Gasteiger partial charge in [-0.1, -0.05) is 6.07 Å². The maximum atomic E-state index is 8.87. The fourth-order valence-corrected chi connectivity index (χ4v) is 1.17. The summed E-state index contributed by atoms with van der Waals surface area (Å²) < 4.78 is 0. The van der Waals surface area contributed by atoms with Crippen molar-refractivity contribution in [1.82, 2.24) is 0 Å². The quantitative estimate of drug-likeness (QED) is 0.578. The van der Waals surface area contributed by atoms with Crippen molar-refractivity contribution in [2.75, 3.05) is 11.9 Å². The molecule has 0 atom stereocenters. The highest BCUT2D eigenvalue weighted by atomic mass is 14.9. The summed E-state index contributed by atoms with van der Waals surface area (Å²) >= 11 is 0. The van der Waals surface area contributed by atoms with Crippen LogP contribution in [0.15, 0.2) is 18.2 Å². The molecule has 2 nitrogen and oxygen atoms in total. The van der Waals surface area contributed by atoms with E-state index in [1.165, 1.54) is 0 Å². The molecule has 0 heterocycles. The summed E-state index contributed by atoms with van der Waals surface area (Å²) in [6.45, 7) is 2.67. The molecular weight excluding hydrogens is 172 g/mol. The summed E-state index contributed by atoms with van der Waals surface area (Å²) in [4.78, 5) is 0. The SMILES string of the molecule is C#CCCNc1ccc(C)cc1C#N. The van der Waals surface area contributed by atoms with Gasteiger partial charge < -0.3 is 5.32 Å². The first-order valence-corrected chi connectivity index (χ1v) is 4.46. The highest BCUT2D eigenvalue weighted by molar-refractivity contribution is 5.58. The van der Waals surface area contributed by atoms with Gasteiger partial charge in [-0.15, -0.1) is 12.3 Å². The lowest BCUT2D eigenvalue weighted by Crippen LogP contribution is -2.02. The number of anilines is 1. The van der Waals surface area contributed by atoms with Gasteiger partial charge in [0, 0.05) is 13.0 Å². The van der Waals surface area contributed by atoms with Crippen LogP contribution in [0.2, 0.25) is 0 Å². The molecule has 0 aromatic heterocycles. The monoisotopic (exact) mass is 184 g/mol. The summed E-state index contributed by atoms with van der Waals surface area (Å²) in [7, 11) is 0. The van der Waals surface area contributed by atoms with Gasteiger partial charge in [-0.2, -0.15) is 5.26 Å². The Labute approximate surface area is 84.6 Å². The van der Waals surface area contributed by atoms with Crippen LogP contribution in [0.3, 0.4) is 0 Å². The fraction of sp³-hybridized carbons (Fsp3) is 0.250. The molecule has 1 aromatic rings. The molecule has 0 saturated heterocycles. The first-order valence-electron chi connectivity index (χ1n) is 4.46. The molecule has 1 N–H and O–H groups in total. The van der Waals surface area contributed by atoms with E-state index >= 15 is 0 Å². The van der Waals surface area contributed by atoms with Gasteiger partial charge in [0.2, 0.25) is 0 Å². The third-order valence-electron chi connectivity index (χ3n) is 1.88. The van der Waals surface area contributed by atoms with E-state index < -0.39 is 0 Å². The van der Waals surface area contributed by atoms with Crippen molar-refractivity contribution in [1.29, 1.82) is 5.26 Å². The van der Waals surface area contributed by atoms with E-state index in [1.54, 1.807) is 0 Å². The molecule has 0 aliphatic heterocycles. The molecule has 14 heavy (non-hydrogen) atoms. The standard InChI is InChI=1S/C12H12N2/c1-3-4-7-14-12-6-5-10(2)8-11(12)9-13/h1,5-6,8,14H,4,7H2,2H3. The van der Waals surface area contributed by atoms with Crippen molar-refractivity contribution in [2.24, 2.45) is 0 Å². The summed E-state index contributed by atoms with van der Waals surface area (Å²) in [5.74, 6) is 2.54. The Bertz CT molecular complexity index is 394. The average molecular weight is 184 g/mol. The molecular formula is C12H12N2. The van der Waals surface area contributed by atoms with E-state index in [2.05, 4.69) is 17.3 Å². The molecule has 0 bridgehead atoms. The molecule has 70 valence electrons. The van der Waals surface area contributed by atoms with Crippen LogP contribution in [0.5, 0.6) is 0 Å². The van der Waals surface area contributed by atoms with Crippen LogP contribution in [0.25, 0.3) is 0 Å². The Morgan fingerprint density at radius 1 is 1.50 bits per heavy atom. The van der Waals surface area contributed by atoms with E-state index in [9.17, 15) is 0 Å². The molecule has 0 aliphatic rings. The normalized spacial score (nSPS) is 8.79. The van der Waals surface area contributed by atoms with Crippen LogP contribution < -0.4 is 5.32 Å². The fourth-order valence-electron chi connectivity index (χ4n) is 1.17. The van der Waals surface area contributed by atoms with E-state index in [0.717, 1.165) is 11.3 Å². The number of nitrogens with zero attached hydrogens (tertiary/aromatic N) is 1. The lowest BCUT2D eigenvalue weighted by molar-refractivity contribution is 1.09. The molecule has 0 aliphatic carbocycles. The van der Waals surface area contributed by atoms with Gasteiger partial charge in [-0.05, 0) is 24.6 Å². The van der Waals surface area contributed by atoms with Crippen LogP contribution in [0, 0.1) is 30.6 Å². The van der Waals surface area contributed by atoms with Crippen molar-refractivity contribution in [3.05, 3.63) is 29.3 Å². The molecule has 0 spiro atoms. The highest BCUT2D eigenvalue weighted by Gasteiger charge is 2.00. The maximum absolute atomic E-state index is 8.87. The summed E-state index contributed by atoms with van der Waals surface area (Å²) in [6, 6.07) is 7.89. The van der Waals surface area contributed by atoms with Crippen LogP contribution in [-0.4, -0.2) is 6.54 Å². The Kier molecular flexibility index (Phi) is 3.58. The van der Waals surface area contributed by atoms with Crippen molar-refractivity contribution in [2.45, 2.75) is 13.3 Å². The zero-order valence-electron chi connectivity index (χ0n) is 8.17. The summed E-state index contributed by atoms with van der Waals surface area (Å²) in [5, 5.41) is 12.0. The van der Waals surface area contributed by atoms with Crippen molar-refractivity contribution in [3.8, 4) is 18.4 Å². The lowest BCUT2D eigenvalue weighted by Gasteiger charge is -2.06. The minimum absolute atomic E-state index is 0.665. The smallest absolute Gasteiger partial charge is 0.101 e. The van der Waals surface area contributed by atoms with E-state index in [1.807, 2.05) is 25.1 Å². The van der Waals surface area contributed by atoms with Crippen LogP contribution >= 0.6 is 0 Å². The second-order valence-electron chi connectivity index (χ2n) is 3.04. The van der Waals surface area contributed by atoms with Gasteiger partial charge in [0.15, 0.2) is 0 Å². The zero-order valence-corrected chi connectivity index (χ0v) is 8.17. The lowest BCUT2D eigenvalue weighted by atomic mass is 10.1. The highest BCUT2D eigenvalue weighted by Crippen LogP contribution is 2.15. The Hall–Kier alpha value is -1.93. The van der Waals surface area contributed by atoms with E-state index in [-0.39, 0.29) is 0 Å². The second kappa shape index (κ2) is 4.94. The van der Waals surface area contributed by atoms with E-state index in [4.69, 9.17) is 11.7 Å². The number of hydrogen-bond acceptors (Lipinski definition) is 2. The predicted octanol–water partition coefficient (Wildman–Crippen LogP) is 2.30. The number of benzene rings is 1. The average Bonchev–Trinajstić information content (AvgIpc) is 2.20. The third kappa shape index (κ3) is 2.54. The maximum Gasteiger partial charge on any atom is 0.101 e. The van der Waals surface area contributed by atoms with Crippen LogP contribution in [-0.2, 0) is 0 Å². The molecule has 1 aromatic carbocycles. The molecule has 0 radical (unpaired) electrons. The topological polar surface area (TPSA) is 35.8 Å². The molecule has 0 fully saturated rings. The summed E-state index contributed by atoms with van der Waals surface area (Å²) in [5.41, 5.74) is 2.61. The molecule has 1 rings (SSSR count). The van der Waals surface area contributed by atoms with Gasteiger partial charge in [-0.3, -0.25) is 0 Å². The Balaban J connectivity index is 2.78. The second-order valence-corrected chi connectivity index (χ2v) is 3.04. The Morgan fingerprint density at radius 3 is 2.93 bits per heavy atom. The van der Waals surface area contributed by atoms with Gasteiger partial charge in [0.05, 0.1) is 11.3 Å². The number of hydrogen-bond donors (Lipinski definition) is 1. The Morgan fingerprint density at radius 2 is 2.29 bits per heavy atom. The van der Waals surface area contributed by atoms with Crippen LogP contribution in [0.1, 0.15) is 17.5 Å². The number of terminal acetylenes is 1. The summed E-state index contributed by atoms with van der Waals surface area (Å²) in [6.07, 6.45) is 5.80. The number of nitrogens with one attached hydrogen (secondary N) is 1. The minimum atomic E-state index is 0.665. The van der Waals surface area contributed by atoms with Crippen molar-refractivity contribution >= 4 is 5.69 Å². The minimum Gasteiger partial charge on any atom is -0.383 e. The molecule has 0 saturated carbocycles. The van der Waals surface area contributed by atoms with Crippen LogP contribution in [0.4, 0.5) is 5.69 Å². The largest absolute Gasteiger partial charge is 0.383 e. The number of rotatable bonds is 3. The molecule has 2 heteroatoms. The van der Waals surface area contributed by atoms with Crippen molar-refractivity contribution in [3.63, 3.8) is 0 Å². The van der Waals surface area contributed by atoms with Gasteiger partial charge in [0.25, 0.3) is 0 Å². The first-order chi connectivity index (χ1) is 6.77. The molecule has 0 amide bonds. The molecule has 0 unspecified atom stereocenters. The zero-order chi connectivity index (χ0) is 10.4. The van der Waals surface area contributed by atoms with Gasteiger partial charge >= 0.3 is 0 Å². The number of aryl methyl sites for hydroxylation is 1.